The van der Waals surface area contributed by atoms with Gasteiger partial charge in [0.1, 0.15) is 22.8 Å². The van der Waals surface area contributed by atoms with Gasteiger partial charge in [0.2, 0.25) is 5.78 Å². The predicted octanol–water partition coefficient (Wildman–Crippen LogP) is 2.71. The quantitative estimate of drug-likeness (QED) is 0.267. The summed E-state index contributed by atoms with van der Waals surface area (Å²) in [5.41, 5.74) is 0.870. The van der Waals surface area contributed by atoms with Gasteiger partial charge in [-0.15, -0.1) is 0 Å². The number of aliphatic hydroxyl groups is 3. The number of nitrogens with zero attached hydrogens (tertiary/aromatic N) is 1. The summed E-state index contributed by atoms with van der Waals surface area (Å²) in [7, 11) is 4.58. The largest absolute Gasteiger partial charge is 0.508 e. The Morgan fingerprint density at radius 3 is 2.36 bits per heavy atom. The van der Waals surface area contributed by atoms with E-state index in [2.05, 4.69) is 0 Å². The minimum atomic E-state index is -2.77. The average Bonchev–Trinajstić information content (AvgIpc) is 2.92. The maximum Gasteiger partial charge on any atom is 0.255 e. The number of benzene rings is 2. The van der Waals surface area contributed by atoms with Gasteiger partial charge in [-0.3, -0.25) is 19.3 Å². The molecule has 0 saturated heterocycles. The van der Waals surface area contributed by atoms with Crippen LogP contribution < -0.4 is 10.5 Å². The minimum absolute atomic E-state index is 0.0149. The SMILES string of the molecule is COc1cc(C/C=C\c2ccc(O)c3c2C[C@@]2(C)C[C@@]4(C)[C@H](N(C)C)C(=O)C(C(N)=O)=C(O)[C@@]4(O)C(=O)C2=C3O)ccc1O. The Morgan fingerprint density at radius 1 is 1.09 bits per heavy atom. The molecule has 0 bridgehead atoms. The third kappa shape index (κ3) is 4.14. The fourth-order valence-electron chi connectivity index (χ4n) is 7.67. The first-order valence-corrected chi connectivity index (χ1v) is 14.1. The average molecular weight is 605 g/mol. The molecule has 0 unspecified atom stereocenters. The van der Waals surface area contributed by atoms with E-state index in [1.54, 1.807) is 39.2 Å². The lowest BCUT2D eigenvalue weighted by atomic mass is 9.46. The van der Waals surface area contributed by atoms with Crippen molar-refractivity contribution >= 4 is 29.3 Å². The molecule has 3 aliphatic rings. The zero-order valence-electron chi connectivity index (χ0n) is 25.1. The topological polar surface area (TPSA) is 191 Å². The molecule has 232 valence electrons. The molecule has 1 fully saturated rings. The van der Waals surface area contributed by atoms with Crippen molar-refractivity contribution in [3.05, 3.63) is 75.6 Å². The predicted molar refractivity (Wildman–Crippen MR) is 161 cm³/mol. The van der Waals surface area contributed by atoms with Crippen LogP contribution in [0.15, 0.2) is 53.3 Å². The third-order valence-corrected chi connectivity index (χ3v) is 9.45. The molecular formula is C33H36N2O9. The van der Waals surface area contributed by atoms with Crippen LogP contribution in [0.2, 0.25) is 0 Å². The number of rotatable bonds is 6. The number of hydrogen-bond acceptors (Lipinski definition) is 10. The Bertz CT molecular complexity index is 1720. The number of amides is 1. The van der Waals surface area contributed by atoms with E-state index >= 15 is 0 Å². The van der Waals surface area contributed by atoms with Crippen LogP contribution in [-0.4, -0.2) is 80.8 Å². The zero-order chi connectivity index (χ0) is 32.5. The lowest BCUT2D eigenvalue weighted by molar-refractivity contribution is -0.176. The highest BCUT2D eigenvalue weighted by molar-refractivity contribution is 6.25. The first-order chi connectivity index (χ1) is 20.5. The summed E-state index contributed by atoms with van der Waals surface area (Å²) in [4.78, 5) is 41.6. The lowest BCUT2D eigenvalue weighted by Gasteiger charge is -2.59. The number of phenols is 2. The number of carbonyl (C=O) groups excluding carboxylic acids is 3. The lowest BCUT2D eigenvalue weighted by Crippen LogP contribution is -2.72. The van der Waals surface area contributed by atoms with Gasteiger partial charge in [-0.2, -0.15) is 0 Å². The van der Waals surface area contributed by atoms with E-state index in [1.807, 2.05) is 12.2 Å². The second kappa shape index (κ2) is 10.2. The summed E-state index contributed by atoms with van der Waals surface area (Å²) in [5, 5.41) is 55.6. The van der Waals surface area contributed by atoms with E-state index < -0.39 is 57.0 Å². The minimum Gasteiger partial charge on any atom is -0.508 e. The number of phenolic OH excluding ortho intramolecular Hbond substituents is 2. The zero-order valence-corrected chi connectivity index (χ0v) is 25.1. The van der Waals surface area contributed by atoms with Crippen molar-refractivity contribution in [1.29, 1.82) is 0 Å². The van der Waals surface area contributed by atoms with Crippen LogP contribution in [0, 0.1) is 10.8 Å². The molecule has 2 aromatic rings. The third-order valence-electron chi connectivity index (χ3n) is 9.45. The molecule has 7 N–H and O–H groups in total. The van der Waals surface area contributed by atoms with E-state index in [9.17, 15) is 39.9 Å². The summed E-state index contributed by atoms with van der Waals surface area (Å²) in [6.45, 7) is 3.23. The summed E-state index contributed by atoms with van der Waals surface area (Å²) in [6, 6.07) is 6.86. The Balaban J connectivity index is 1.66. The molecule has 0 spiro atoms. The van der Waals surface area contributed by atoms with Crippen LogP contribution in [0.25, 0.3) is 11.8 Å². The van der Waals surface area contributed by atoms with Gasteiger partial charge in [-0.05, 0) is 68.2 Å². The molecule has 2 aromatic carbocycles. The highest BCUT2D eigenvalue weighted by atomic mass is 16.5. The fourth-order valence-corrected chi connectivity index (χ4v) is 7.67. The molecule has 0 aromatic heterocycles. The molecule has 0 radical (unpaired) electrons. The standard InChI is InChI=1S/C33H36N2O9/c1-31-14-18-17(8-6-7-16-9-11-19(36)21(13-16)44-5)10-12-20(37)22(18)25(38)24(31)29(41)33(43)28(40)23(30(34)42)26(39)27(35(3)4)32(33,2)15-31/h6,8-13,27,36-38,40,43H,7,14-15H2,1-5H3,(H2,34,42)/b8-6-/t27-,31+,32+,33-/m1/s1. The van der Waals surface area contributed by atoms with Crippen LogP contribution in [0.4, 0.5) is 0 Å². The van der Waals surface area contributed by atoms with Crippen molar-refractivity contribution in [2.45, 2.75) is 44.8 Å². The first kappa shape index (κ1) is 30.8. The second-order valence-corrected chi connectivity index (χ2v) is 12.6. The Kier molecular flexibility index (Phi) is 7.18. The molecule has 1 saturated carbocycles. The van der Waals surface area contributed by atoms with Crippen LogP contribution in [0.3, 0.4) is 0 Å². The number of aliphatic hydroxyl groups excluding tert-OH is 2. The summed E-state index contributed by atoms with van der Waals surface area (Å²) in [6.07, 6.45) is 4.25. The normalized spacial score (nSPS) is 28.3. The maximum atomic E-state index is 14.3. The number of aromatic hydroxyl groups is 2. The molecular weight excluding hydrogens is 568 g/mol. The summed E-state index contributed by atoms with van der Waals surface area (Å²) < 4.78 is 5.18. The number of fused-ring (bicyclic) bond motifs is 3. The Morgan fingerprint density at radius 2 is 1.75 bits per heavy atom. The monoisotopic (exact) mass is 604 g/mol. The van der Waals surface area contributed by atoms with Crippen molar-refractivity contribution in [2.75, 3.05) is 21.2 Å². The number of likely N-dealkylation sites (N-methyl/N-ethyl adjacent to an activating group) is 1. The van der Waals surface area contributed by atoms with E-state index in [0.29, 0.717) is 23.3 Å². The van der Waals surface area contributed by atoms with Crippen molar-refractivity contribution in [3.8, 4) is 17.2 Å². The van der Waals surface area contributed by atoms with E-state index in [1.165, 1.54) is 31.1 Å². The van der Waals surface area contributed by atoms with Gasteiger partial charge in [0.25, 0.3) is 5.91 Å². The van der Waals surface area contributed by atoms with Gasteiger partial charge in [0.15, 0.2) is 22.9 Å². The van der Waals surface area contributed by atoms with E-state index in [0.717, 1.165) is 5.56 Å². The number of methoxy groups -OCH3 is 1. The van der Waals surface area contributed by atoms with Crippen molar-refractivity contribution in [1.82, 2.24) is 4.90 Å². The highest BCUT2D eigenvalue weighted by Crippen LogP contribution is 2.63. The summed E-state index contributed by atoms with van der Waals surface area (Å²) in [5.74, 6) is -4.81. The molecule has 0 aliphatic heterocycles. The number of ketones is 2. The summed E-state index contributed by atoms with van der Waals surface area (Å²) >= 11 is 0. The molecule has 3 aliphatic carbocycles. The number of primary amides is 1. The number of carbonyl (C=O) groups is 3. The van der Waals surface area contributed by atoms with Gasteiger partial charge in [-0.1, -0.05) is 38.1 Å². The number of hydrogen-bond donors (Lipinski definition) is 6. The van der Waals surface area contributed by atoms with Gasteiger partial charge in [0, 0.05) is 16.4 Å². The number of allylic oxidation sites excluding steroid dienone is 1. The Hall–Kier alpha value is -4.61. The smallest absolute Gasteiger partial charge is 0.255 e. The molecule has 5 rings (SSSR count). The van der Waals surface area contributed by atoms with Gasteiger partial charge < -0.3 is 36.0 Å². The van der Waals surface area contributed by atoms with Gasteiger partial charge >= 0.3 is 0 Å². The van der Waals surface area contributed by atoms with Crippen LogP contribution in [-0.2, 0) is 27.2 Å². The number of nitrogens with two attached hydrogens (primary N) is 1. The van der Waals surface area contributed by atoms with Crippen LogP contribution >= 0.6 is 0 Å². The van der Waals surface area contributed by atoms with Crippen molar-refractivity contribution in [3.63, 3.8) is 0 Å². The second-order valence-electron chi connectivity index (χ2n) is 12.6. The van der Waals surface area contributed by atoms with Gasteiger partial charge in [0.05, 0.1) is 18.7 Å². The van der Waals surface area contributed by atoms with Crippen LogP contribution in [0.1, 0.15) is 42.5 Å². The molecule has 4 atom stereocenters. The van der Waals surface area contributed by atoms with Gasteiger partial charge in [-0.25, -0.2) is 0 Å². The molecule has 1 amide bonds. The Labute approximate surface area is 254 Å². The van der Waals surface area contributed by atoms with Crippen molar-refractivity contribution < 1.29 is 44.7 Å². The van der Waals surface area contributed by atoms with Crippen LogP contribution in [0.5, 0.6) is 17.2 Å². The first-order valence-electron chi connectivity index (χ1n) is 14.1. The van der Waals surface area contributed by atoms with E-state index in [-0.39, 0.29) is 35.5 Å². The number of ether oxygens (including phenoxy) is 1. The molecule has 0 heterocycles. The fraction of sp³-hybridized carbons (Fsp3) is 0.364. The maximum absolute atomic E-state index is 14.3. The van der Waals surface area contributed by atoms with E-state index in [4.69, 9.17) is 10.5 Å². The molecule has 44 heavy (non-hydrogen) atoms. The van der Waals surface area contributed by atoms with Crippen molar-refractivity contribution in [2.24, 2.45) is 16.6 Å². The molecule has 11 nitrogen and oxygen atoms in total. The number of Topliss-reactive ketones (excluding diaryl/α,β-unsaturated/α-hetero) is 2. The molecule has 11 heteroatoms. The highest BCUT2D eigenvalue weighted by Gasteiger charge is 2.72.